The molecule has 8 heteroatoms. The molecule has 0 spiro atoms. The molecular formula is C11H14N4O3S. The van der Waals surface area contributed by atoms with E-state index in [4.69, 9.17) is 11.5 Å². The zero-order valence-electron chi connectivity index (χ0n) is 10.2. The van der Waals surface area contributed by atoms with Gasteiger partial charge in [0.2, 0.25) is 5.91 Å². The Labute approximate surface area is 113 Å². The number of urea groups is 1. The molecular weight excluding hydrogens is 268 g/mol. The van der Waals surface area contributed by atoms with E-state index in [9.17, 15) is 14.4 Å². The summed E-state index contributed by atoms with van der Waals surface area (Å²) in [6.45, 7) is 1.99. The number of primary amides is 2. The highest BCUT2D eigenvalue weighted by molar-refractivity contribution is 7.20. The average Bonchev–Trinajstić information content (AvgIpc) is 2.88. The van der Waals surface area contributed by atoms with Crippen molar-refractivity contribution in [1.29, 1.82) is 0 Å². The van der Waals surface area contributed by atoms with Crippen molar-refractivity contribution in [1.82, 2.24) is 0 Å². The van der Waals surface area contributed by atoms with E-state index < -0.39 is 11.9 Å². The number of hydrogen-bond acceptors (Lipinski definition) is 4. The van der Waals surface area contributed by atoms with Crippen molar-refractivity contribution in [2.75, 3.05) is 10.6 Å². The van der Waals surface area contributed by atoms with E-state index in [1.807, 2.05) is 6.92 Å². The van der Waals surface area contributed by atoms with Crippen molar-refractivity contribution >= 4 is 39.2 Å². The fourth-order valence-corrected chi connectivity index (χ4v) is 2.71. The maximum Gasteiger partial charge on any atom is 0.317 e. The third-order valence-corrected chi connectivity index (χ3v) is 3.89. The number of rotatable bonds is 4. The molecule has 1 heterocycles. The molecule has 1 aromatic heterocycles. The summed E-state index contributed by atoms with van der Waals surface area (Å²) in [5, 5.41) is 5.71. The van der Waals surface area contributed by atoms with Crippen LogP contribution in [-0.2, 0) is 4.79 Å². The Morgan fingerprint density at radius 1 is 1.32 bits per heavy atom. The predicted molar refractivity (Wildman–Crippen MR) is 71.9 cm³/mol. The first-order valence-electron chi connectivity index (χ1n) is 5.69. The fraction of sp³-hybridized carbons (Fsp3) is 0.364. The molecule has 1 aliphatic rings. The number of thiophene rings is 1. The van der Waals surface area contributed by atoms with Gasteiger partial charge in [-0.1, -0.05) is 18.3 Å². The molecule has 2 atom stereocenters. The maximum atomic E-state index is 11.8. The normalized spacial score (nSPS) is 20.7. The highest BCUT2D eigenvalue weighted by Gasteiger charge is 2.39. The van der Waals surface area contributed by atoms with E-state index in [1.54, 1.807) is 0 Å². The van der Waals surface area contributed by atoms with Gasteiger partial charge in [-0.3, -0.25) is 14.9 Å². The summed E-state index contributed by atoms with van der Waals surface area (Å²) in [5.41, 5.74) is 10.3. The first-order valence-corrected chi connectivity index (χ1v) is 6.51. The van der Waals surface area contributed by atoms with Gasteiger partial charge in [0.15, 0.2) is 0 Å². The summed E-state index contributed by atoms with van der Waals surface area (Å²) in [4.78, 5) is 33.8. The van der Waals surface area contributed by atoms with Crippen LogP contribution < -0.4 is 22.1 Å². The van der Waals surface area contributed by atoms with Gasteiger partial charge in [0.1, 0.15) is 5.00 Å². The van der Waals surface area contributed by atoms with Crippen molar-refractivity contribution in [3.63, 3.8) is 0 Å². The molecule has 1 aromatic rings. The predicted octanol–water partition coefficient (Wildman–Crippen LogP) is 0.932. The molecule has 0 radical (unpaired) electrons. The molecule has 2 unspecified atom stereocenters. The summed E-state index contributed by atoms with van der Waals surface area (Å²) in [7, 11) is 0. The van der Waals surface area contributed by atoms with E-state index in [0.717, 1.165) is 17.8 Å². The number of carbonyl (C=O) groups excluding carboxylic acids is 3. The SMILES string of the molecule is CC1CC1C(=O)Nc1cc(C(N)=O)c(NC(N)=O)s1. The van der Waals surface area contributed by atoms with Crippen LogP contribution in [0.3, 0.4) is 0 Å². The first-order chi connectivity index (χ1) is 8.88. The number of nitrogens with one attached hydrogen (secondary N) is 2. The Morgan fingerprint density at radius 3 is 2.42 bits per heavy atom. The van der Waals surface area contributed by atoms with E-state index in [-0.39, 0.29) is 22.4 Å². The summed E-state index contributed by atoms with van der Waals surface area (Å²) < 4.78 is 0. The van der Waals surface area contributed by atoms with Crippen LogP contribution in [0.1, 0.15) is 23.7 Å². The molecule has 0 saturated heterocycles. The summed E-state index contributed by atoms with van der Waals surface area (Å²) in [6, 6.07) is 0.640. The third-order valence-electron chi connectivity index (χ3n) is 2.93. The average molecular weight is 282 g/mol. The van der Waals surface area contributed by atoms with Crippen LogP contribution in [0.2, 0.25) is 0 Å². The highest BCUT2D eigenvalue weighted by Crippen LogP contribution is 2.39. The lowest BCUT2D eigenvalue weighted by Crippen LogP contribution is -2.21. The van der Waals surface area contributed by atoms with E-state index in [1.165, 1.54) is 6.07 Å². The van der Waals surface area contributed by atoms with Gasteiger partial charge in [-0.15, -0.1) is 0 Å². The van der Waals surface area contributed by atoms with Gasteiger partial charge in [-0.05, 0) is 18.4 Å². The lowest BCUT2D eigenvalue weighted by Gasteiger charge is -2.00. The molecule has 0 aromatic carbocycles. The van der Waals surface area contributed by atoms with Crippen LogP contribution in [0.4, 0.5) is 14.8 Å². The Hall–Kier alpha value is -2.09. The van der Waals surface area contributed by atoms with E-state index in [0.29, 0.717) is 10.9 Å². The molecule has 1 saturated carbocycles. The lowest BCUT2D eigenvalue weighted by molar-refractivity contribution is -0.117. The zero-order valence-corrected chi connectivity index (χ0v) is 11.0. The zero-order chi connectivity index (χ0) is 14.2. The van der Waals surface area contributed by atoms with Gasteiger partial charge in [-0.2, -0.15) is 0 Å². The second kappa shape index (κ2) is 4.88. The second-order valence-corrected chi connectivity index (χ2v) is 5.57. The Balaban J connectivity index is 2.15. The minimum atomic E-state index is -0.793. The summed E-state index contributed by atoms with van der Waals surface area (Å²) >= 11 is 1.05. The Morgan fingerprint density at radius 2 is 1.95 bits per heavy atom. The Bertz CT molecular complexity index is 554. The van der Waals surface area contributed by atoms with Crippen molar-refractivity contribution in [3.05, 3.63) is 11.6 Å². The van der Waals surface area contributed by atoms with Gasteiger partial charge in [-0.25, -0.2) is 4.79 Å². The monoisotopic (exact) mass is 282 g/mol. The van der Waals surface area contributed by atoms with Crippen LogP contribution in [0.15, 0.2) is 6.07 Å². The summed E-state index contributed by atoms with van der Waals surface area (Å²) in [5.74, 6) is -0.374. The molecule has 1 fully saturated rings. The maximum absolute atomic E-state index is 11.8. The van der Waals surface area contributed by atoms with Crippen molar-refractivity contribution < 1.29 is 14.4 Å². The van der Waals surface area contributed by atoms with Crippen LogP contribution in [0.5, 0.6) is 0 Å². The number of hydrogen-bond donors (Lipinski definition) is 4. The molecule has 2 rings (SSSR count). The minimum absolute atomic E-state index is 0.0201. The lowest BCUT2D eigenvalue weighted by atomic mass is 10.3. The molecule has 4 amide bonds. The van der Waals surface area contributed by atoms with Gasteiger partial charge in [0, 0.05) is 5.92 Å². The molecule has 7 nitrogen and oxygen atoms in total. The van der Waals surface area contributed by atoms with Gasteiger partial charge >= 0.3 is 6.03 Å². The van der Waals surface area contributed by atoms with Crippen LogP contribution in [0, 0.1) is 11.8 Å². The van der Waals surface area contributed by atoms with Crippen molar-refractivity contribution in [2.24, 2.45) is 23.3 Å². The Kier molecular flexibility index (Phi) is 3.43. The standard InChI is InChI=1S/C11H14N4O3S/c1-4-2-5(4)9(17)14-7-3-6(8(12)16)10(19-7)15-11(13)18/h3-5H,2H2,1H3,(H2,12,16)(H,14,17)(H3,13,15,18). The van der Waals surface area contributed by atoms with Crippen LogP contribution >= 0.6 is 11.3 Å². The third kappa shape index (κ3) is 3.02. The van der Waals surface area contributed by atoms with Crippen LogP contribution in [0.25, 0.3) is 0 Å². The number of amides is 4. The summed E-state index contributed by atoms with van der Waals surface area (Å²) in [6.07, 6.45) is 0.867. The van der Waals surface area contributed by atoms with Crippen LogP contribution in [-0.4, -0.2) is 17.8 Å². The van der Waals surface area contributed by atoms with Gasteiger partial charge in [0.05, 0.1) is 10.6 Å². The smallest absolute Gasteiger partial charge is 0.317 e. The highest BCUT2D eigenvalue weighted by atomic mass is 32.1. The molecule has 0 aliphatic heterocycles. The molecule has 6 N–H and O–H groups in total. The van der Waals surface area contributed by atoms with Crippen molar-refractivity contribution in [2.45, 2.75) is 13.3 Å². The number of anilines is 2. The molecule has 102 valence electrons. The van der Waals surface area contributed by atoms with Gasteiger partial charge in [0.25, 0.3) is 5.91 Å². The quantitative estimate of drug-likeness (QED) is 0.655. The van der Waals surface area contributed by atoms with E-state index >= 15 is 0 Å². The fourth-order valence-electron chi connectivity index (χ4n) is 1.74. The number of nitrogens with two attached hydrogens (primary N) is 2. The van der Waals surface area contributed by atoms with E-state index in [2.05, 4.69) is 10.6 Å². The minimum Gasteiger partial charge on any atom is -0.366 e. The van der Waals surface area contributed by atoms with Crippen molar-refractivity contribution in [3.8, 4) is 0 Å². The first kappa shape index (κ1) is 13.3. The second-order valence-electron chi connectivity index (χ2n) is 4.52. The molecule has 1 aliphatic carbocycles. The molecule has 0 bridgehead atoms. The largest absolute Gasteiger partial charge is 0.366 e. The number of carbonyl (C=O) groups is 3. The van der Waals surface area contributed by atoms with Gasteiger partial charge < -0.3 is 16.8 Å². The molecule has 19 heavy (non-hydrogen) atoms. The topological polar surface area (TPSA) is 127 Å².